The van der Waals surface area contributed by atoms with Crippen LogP contribution in [0.1, 0.15) is 27.2 Å². The lowest BCUT2D eigenvalue weighted by Gasteiger charge is -2.42. The smallest absolute Gasteiger partial charge is 0.248 e. The van der Waals surface area contributed by atoms with E-state index in [-0.39, 0.29) is 24.0 Å². The van der Waals surface area contributed by atoms with E-state index in [2.05, 4.69) is 13.8 Å². The molecule has 0 saturated carbocycles. The minimum absolute atomic E-state index is 0.0140. The molecule has 1 amide bonds. The van der Waals surface area contributed by atoms with Crippen molar-refractivity contribution in [3.63, 3.8) is 0 Å². The Morgan fingerprint density at radius 2 is 2.27 bits per heavy atom. The lowest BCUT2D eigenvalue weighted by molar-refractivity contribution is -0.139. The van der Waals surface area contributed by atoms with Crippen LogP contribution in [0.3, 0.4) is 0 Å². The third-order valence-corrected chi connectivity index (χ3v) is 3.09. The van der Waals surface area contributed by atoms with Crippen molar-refractivity contribution >= 4 is 5.91 Å². The fraction of sp³-hybridized carbons (Fsp3) is 0.909. The SMILES string of the molecule is CCOCC(=O)N1CCC(N)C(C)(C)C1. The fourth-order valence-corrected chi connectivity index (χ4v) is 1.87. The molecule has 1 rings (SSSR count). The quantitative estimate of drug-likeness (QED) is 0.749. The first kappa shape index (κ1) is 12.5. The van der Waals surface area contributed by atoms with Gasteiger partial charge in [0.1, 0.15) is 6.61 Å². The fourth-order valence-electron chi connectivity index (χ4n) is 1.87. The lowest BCUT2D eigenvalue weighted by atomic mass is 9.80. The Morgan fingerprint density at radius 1 is 1.60 bits per heavy atom. The molecule has 4 nitrogen and oxygen atoms in total. The third-order valence-electron chi connectivity index (χ3n) is 3.09. The number of piperidine rings is 1. The number of likely N-dealkylation sites (tertiary alicyclic amines) is 1. The first-order chi connectivity index (χ1) is 6.97. The van der Waals surface area contributed by atoms with Crippen molar-refractivity contribution in [1.82, 2.24) is 4.90 Å². The Morgan fingerprint density at radius 3 is 2.80 bits per heavy atom. The van der Waals surface area contributed by atoms with E-state index in [0.29, 0.717) is 6.61 Å². The van der Waals surface area contributed by atoms with Gasteiger partial charge in [-0.05, 0) is 18.8 Å². The van der Waals surface area contributed by atoms with E-state index in [4.69, 9.17) is 10.5 Å². The Labute approximate surface area is 91.8 Å². The first-order valence-corrected chi connectivity index (χ1v) is 5.58. The third kappa shape index (κ3) is 3.18. The Bertz CT molecular complexity index is 229. The second kappa shape index (κ2) is 4.94. The Hall–Kier alpha value is -0.610. The molecule has 0 bridgehead atoms. The van der Waals surface area contributed by atoms with E-state index in [1.54, 1.807) is 0 Å². The molecule has 1 heterocycles. The highest BCUT2D eigenvalue weighted by molar-refractivity contribution is 5.77. The summed E-state index contributed by atoms with van der Waals surface area (Å²) in [5, 5.41) is 0. The van der Waals surface area contributed by atoms with Gasteiger partial charge in [0.2, 0.25) is 5.91 Å². The maximum atomic E-state index is 11.7. The topological polar surface area (TPSA) is 55.6 Å². The van der Waals surface area contributed by atoms with E-state index in [1.165, 1.54) is 0 Å². The molecule has 0 spiro atoms. The van der Waals surface area contributed by atoms with Crippen molar-refractivity contribution in [3.8, 4) is 0 Å². The predicted octanol–water partition coefficient (Wildman–Crippen LogP) is 0.609. The molecule has 4 heteroatoms. The summed E-state index contributed by atoms with van der Waals surface area (Å²) in [7, 11) is 0. The molecule has 0 aromatic rings. The highest BCUT2D eigenvalue weighted by Crippen LogP contribution is 2.27. The van der Waals surface area contributed by atoms with E-state index in [0.717, 1.165) is 19.5 Å². The van der Waals surface area contributed by atoms with Crippen molar-refractivity contribution < 1.29 is 9.53 Å². The van der Waals surface area contributed by atoms with Crippen molar-refractivity contribution in [3.05, 3.63) is 0 Å². The van der Waals surface area contributed by atoms with E-state index < -0.39 is 0 Å². The highest BCUT2D eigenvalue weighted by Gasteiger charge is 2.35. The lowest BCUT2D eigenvalue weighted by Crippen LogP contribution is -2.54. The van der Waals surface area contributed by atoms with Gasteiger partial charge < -0.3 is 15.4 Å². The largest absolute Gasteiger partial charge is 0.372 e. The summed E-state index contributed by atoms with van der Waals surface area (Å²) in [4.78, 5) is 13.6. The van der Waals surface area contributed by atoms with Gasteiger partial charge in [0.15, 0.2) is 0 Å². The molecule has 0 aromatic heterocycles. The number of carbonyl (C=O) groups is 1. The van der Waals surface area contributed by atoms with Crippen LogP contribution in [0.5, 0.6) is 0 Å². The summed E-state index contributed by atoms with van der Waals surface area (Å²) < 4.78 is 5.12. The van der Waals surface area contributed by atoms with Gasteiger partial charge in [-0.2, -0.15) is 0 Å². The zero-order valence-electron chi connectivity index (χ0n) is 9.95. The molecule has 1 saturated heterocycles. The van der Waals surface area contributed by atoms with Gasteiger partial charge in [-0.15, -0.1) is 0 Å². The molecule has 0 aliphatic carbocycles. The average Bonchev–Trinajstić information content (AvgIpc) is 2.18. The predicted molar refractivity (Wildman–Crippen MR) is 59.4 cm³/mol. The summed E-state index contributed by atoms with van der Waals surface area (Å²) in [6, 6.07) is 0.189. The maximum absolute atomic E-state index is 11.7. The second-order valence-electron chi connectivity index (χ2n) is 4.84. The molecular formula is C11H22N2O2. The molecule has 1 fully saturated rings. The molecule has 0 radical (unpaired) electrons. The number of ether oxygens (including phenoxy) is 1. The van der Waals surface area contributed by atoms with Crippen molar-refractivity contribution in [2.45, 2.75) is 33.2 Å². The van der Waals surface area contributed by atoms with Crippen molar-refractivity contribution in [1.29, 1.82) is 0 Å². The number of nitrogens with zero attached hydrogens (tertiary/aromatic N) is 1. The molecular weight excluding hydrogens is 192 g/mol. The average molecular weight is 214 g/mol. The van der Waals surface area contributed by atoms with Crippen molar-refractivity contribution in [2.24, 2.45) is 11.1 Å². The van der Waals surface area contributed by atoms with Gasteiger partial charge >= 0.3 is 0 Å². The van der Waals surface area contributed by atoms with Gasteiger partial charge in [-0.25, -0.2) is 0 Å². The van der Waals surface area contributed by atoms with Crippen LogP contribution < -0.4 is 5.73 Å². The summed E-state index contributed by atoms with van der Waals surface area (Å²) in [5.74, 6) is 0.0804. The zero-order valence-corrected chi connectivity index (χ0v) is 9.95. The van der Waals surface area contributed by atoms with Crippen LogP contribution in [0.2, 0.25) is 0 Å². The van der Waals surface area contributed by atoms with Crippen molar-refractivity contribution in [2.75, 3.05) is 26.3 Å². The van der Waals surface area contributed by atoms with Crippen LogP contribution >= 0.6 is 0 Å². The molecule has 88 valence electrons. The molecule has 1 atom stereocenters. The van der Waals surface area contributed by atoms with Crippen LogP contribution in [-0.2, 0) is 9.53 Å². The summed E-state index contributed by atoms with van der Waals surface area (Å²) in [6.07, 6.45) is 0.880. The molecule has 0 aromatic carbocycles. The zero-order chi connectivity index (χ0) is 11.5. The van der Waals surface area contributed by atoms with Crippen LogP contribution in [0.4, 0.5) is 0 Å². The molecule has 1 aliphatic heterocycles. The minimum atomic E-state index is 0.0140. The number of rotatable bonds is 3. The number of hydrogen-bond donors (Lipinski definition) is 1. The van der Waals surface area contributed by atoms with Crippen LogP contribution in [0.25, 0.3) is 0 Å². The summed E-state index contributed by atoms with van der Waals surface area (Å²) in [6.45, 7) is 8.39. The highest BCUT2D eigenvalue weighted by atomic mass is 16.5. The Kier molecular flexibility index (Phi) is 4.11. The van der Waals surface area contributed by atoms with Gasteiger partial charge in [0.05, 0.1) is 0 Å². The molecule has 15 heavy (non-hydrogen) atoms. The number of carbonyl (C=O) groups excluding carboxylic acids is 1. The van der Waals surface area contributed by atoms with E-state index in [1.807, 2.05) is 11.8 Å². The van der Waals surface area contributed by atoms with Crippen LogP contribution in [0, 0.1) is 5.41 Å². The normalized spacial score (nSPS) is 25.3. The molecule has 2 N–H and O–H groups in total. The molecule has 1 unspecified atom stereocenters. The number of hydrogen-bond acceptors (Lipinski definition) is 3. The number of nitrogens with two attached hydrogens (primary N) is 1. The van der Waals surface area contributed by atoms with Crippen LogP contribution in [-0.4, -0.2) is 43.2 Å². The van der Waals surface area contributed by atoms with Crippen LogP contribution in [0.15, 0.2) is 0 Å². The first-order valence-electron chi connectivity index (χ1n) is 5.58. The second-order valence-corrected chi connectivity index (χ2v) is 4.84. The Balaban J connectivity index is 2.48. The van der Waals surface area contributed by atoms with E-state index >= 15 is 0 Å². The maximum Gasteiger partial charge on any atom is 0.248 e. The summed E-state index contributed by atoms with van der Waals surface area (Å²) in [5.41, 5.74) is 6.02. The standard InChI is InChI=1S/C11H22N2O2/c1-4-15-7-10(14)13-6-5-9(12)11(2,3)8-13/h9H,4-8,12H2,1-3H3. The van der Waals surface area contributed by atoms with Gasteiger partial charge in [0, 0.05) is 25.7 Å². The minimum Gasteiger partial charge on any atom is -0.372 e. The van der Waals surface area contributed by atoms with Gasteiger partial charge in [0.25, 0.3) is 0 Å². The monoisotopic (exact) mass is 214 g/mol. The molecule has 1 aliphatic rings. The van der Waals surface area contributed by atoms with E-state index in [9.17, 15) is 4.79 Å². The van der Waals surface area contributed by atoms with Gasteiger partial charge in [-0.1, -0.05) is 13.8 Å². The number of amides is 1. The summed E-state index contributed by atoms with van der Waals surface area (Å²) >= 11 is 0. The van der Waals surface area contributed by atoms with Gasteiger partial charge in [-0.3, -0.25) is 4.79 Å².